The van der Waals surface area contributed by atoms with Gasteiger partial charge in [-0.1, -0.05) is 127 Å². The Morgan fingerprint density at radius 3 is 2.28 bits per heavy atom. The van der Waals surface area contributed by atoms with Gasteiger partial charge in [-0.15, -0.1) is 0 Å². The van der Waals surface area contributed by atoms with Crippen LogP contribution < -0.4 is 0 Å². The van der Waals surface area contributed by atoms with Crippen LogP contribution in [0.25, 0.3) is 67.0 Å². The van der Waals surface area contributed by atoms with Crippen LogP contribution in [0.1, 0.15) is 55.1 Å². The first-order valence-corrected chi connectivity index (χ1v) is 22.7. The summed E-state index contributed by atoms with van der Waals surface area (Å²) in [5.74, 6) is 2.35. The first-order chi connectivity index (χ1) is 31.5. The zero-order chi connectivity index (χ0) is 42.9. The number of pyridine rings is 1. The molecule has 7 nitrogen and oxygen atoms in total. The summed E-state index contributed by atoms with van der Waals surface area (Å²) in [6.45, 7) is 6.34. The standard InChI is InChI=1S/C57H49N7/c1-36-17-7-9-21-39(36)44-25-15-27-46(53(44)63-49-29-13-11-23-41(49)43-31-32-58-33-51(43)63)56-59-55(38-19-5-4-6-20-38)60-57(61-56)47-28-16-26-45(40-22-10-8-18-37(40)2)54(47)64-50-30-14-12-24-42(50)48-34-62(3)35-52(48)64/h4-8,10-15,17-20,22-27,29-33,42,50H,9,16,21,28,34-35H2,1-3H3. The van der Waals surface area contributed by atoms with Gasteiger partial charge in [0.05, 0.1) is 34.7 Å². The number of aryl methyl sites for hydroxylation is 1. The van der Waals surface area contributed by atoms with E-state index >= 15 is 0 Å². The fourth-order valence-electron chi connectivity index (χ4n) is 11.0. The molecule has 3 aromatic heterocycles. The molecule has 5 heterocycles. The maximum absolute atomic E-state index is 5.71. The number of hydrogen-bond acceptors (Lipinski definition) is 6. The molecule has 0 amide bonds. The summed E-state index contributed by atoms with van der Waals surface area (Å²) in [4.78, 5) is 26.5. The molecule has 2 aliphatic heterocycles. The summed E-state index contributed by atoms with van der Waals surface area (Å²) < 4.78 is 2.41. The van der Waals surface area contributed by atoms with E-state index in [1.807, 2.05) is 12.4 Å². The Hall–Kier alpha value is -7.22. The van der Waals surface area contributed by atoms with Gasteiger partial charge >= 0.3 is 0 Å². The van der Waals surface area contributed by atoms with Crippen LogP contribution in [0.5, 0.6) is 0 Å². The monoisotopic (exact) mass is 831 g/mol. The number of fused-ring (bicyclic) bond motifs is 5. The Balaban J connectivity index is 1.17. The molecule has 0 bridgehead atoms. The number of aromatic nitrogens is 5. The minimum Gasteiger partial charge on any atom is -0.335 e. The molecule has 12 rings (SSSR count). The van der Waals surface area contributed by atoms with Crippen molar-refractivity contribution in [2.75, 3.05) is 20.1 Å². The van der Waals surface area contributed by atoms with Crippen molar-refractivity contribution in [1.29, 1.82) is 0 Å². The van der Waals surface area contributed by atoms with Crippen LogP contribution in [-0.2, 0) is 0 Å². The van der Waals surface area contributed by atoms with Gasteiger partial charge < -0.3 is 9.47 Å². The fourth-order valence-corrected chi connectivity index (χ4v) is 11.0. The zero-order valence-corrected chi connectivity index (χ0v) is 36.5. The maximum atomic E-state index is 5.71. The lowest BCUT2D eigenvalue weighted by Crippen LogP contribution is -2.38. The number of hydrogen-bond donors (Lipinski definition) is 0. The molecule has 0 saturated carbocycles. The van der Waals surface area contributed by atoms with Gasteiger partial charge in [0.15, 0.2) is 17.5 Å². The number of likely N-dealkylation sites (N-methyl/N-ethyl adjacent to an activating group) is 1. The molecule has 0 radical (unpaired) electrons. The molecule has 7 aromatic rings. The normalized spacial score (nSPS) is 19.7. The van der Waals surface area contributed by atoms with Crippen LogP contribution in [0, 0.1) is 12.8 Å². The molecule has 0 saturated heterocycles. The molecule has 64 heavy (non-hydrogen) atoms. The van der Waals surface area contributed by atoms with E-state index in [1.165, 1.54) is 55.8 Å². The molecule has 0 N–H and O–H groups in total. The Morgan fingerprint density at radius 2 is 1.39 bits per heavy atom. The molecule has 5 aliphatic rings. The van der Waals surface area contributed by atoms with Crippen molar-refractivity contribution in [1.82, 2.24) is 34.3 Å². The van der Waals surface area contributed by atoms with Gasteiger partial charge in [0.2, 0.25) is 0 Å². The smallest absolute Gasteiger partial charge is 0.166 e. The number of rotatable bonds is 7. The van der Waals surface area contributed by atoms with Crippen LogP contribution in [-0.4, -0.2) is 60.5 Å². The topological polar surface area (TPSA) is 63.0 Å². The van der Waals surface area contributed by atoms with Crippen LogP contribution in [0.4, 0.5) is 0 Å². The lowest BCUT2D eigenvalue weighted by Gasteiger charge is -2.38. The van der Waals surface area contributed by atoms with E-state index in [1.54, 1.807) is 0 Å². The molecule has 4 aromatic carbocycles. The van der Waals surface area contributed by atoms with Crippen molar-refractivity contribution in [3.05, 3.63) is 203 Å². The number of allylic oxidation sites excluding steroid dienone is 9. The third-order valence-electron chi connectivity index (χ3n) is 13.9. The number of para-hydroxylation sites is 2. The number of nitrogens with zero attached hydrogens (tertiary/aromatic N) is 7. The summed E-state index contributed by atoms with van der Waals surface area (Å²) in [6, 6.07) is 37.0. The highest BCUT2D eigenvalue weighted by atomic mass is 15.3. The Morgan fingerprint density at radius 1 is 0.641 bits per heavy atom. The third-order valence-corrected chi connectivity index (χ3v) is 13.9. The molecule has 2 unspecified atom stereocenters. The summed E-state index contributed by atoms with van der Waals surface area (Å²) in [5.41, 5.74) is 18.0. The lowest BCUT2D eigenvalue weighted by atomic mass is 9.86. The summed E-state index contributed by atoms with van der Waals surface area (Å²) in [5, 5.41) is 2.35. The summed E-state index contributed by atoms with van der Waals surface area (Å²) in [7, 11) is 2.24. The minimum atomic E-state index is 0.169. The predicted molar refractivity (Wildman–Crippen MR) is 261 cm³/mol. The van der Waals surface area contributed by atoms with Crippen LogP contribution >= 0.6 is 0 Å². The fraction of sp³-hybridized carbons (Fsp3) is 0.193. The largest absolute Gasteiger partial charge is 0.335 e. The third kappa shape index (κ3) is 6.21. The predicted octanol–water partition coefficient (Wildman–Crippen LogP) is 12.3. The highest BCUT2D eigenvalue weighted by Gasteiger charge is 2.45. The molecule has 0 fully saturated rings. The molecular formula is C57H49N7. The molecule has 3 aliphatic carbocycles. The average Bonchev–Trinajstić information content (AvgIpc) is 3.98. The molecule has 312 valence electrons. The van der Waals surface area contributed by atoms with Crippen molar-refractivity contribution in [3.8, 4) is 28.5 Å². The SMILES string of the molecule is CC1=C(c2cccc(-c3nc(C4=C(N5C6=C(CN(C)C6)C6C=CC=CC65)C(c5ccccc5C)=CCC4)nc(-c4ccccc4)n3)c2-n2c3ccccc3c3ccncc32)CCC=C1. The van der Waals surface area contributed by atoms with Crippen molar-refractivity contribution in [2.45, 2.75) is 45.6 Å². The van der Waals surface area contributed by atoms with E-state index in [2.05, 4.69) is 181 Å². The summed E-state index contributed by atoms with van der Waals surface area (Å²) in [6.07, 6.45) is 23.8. The van der Waals surface area contributed by atoms with E-state index < -0.39 is 0 Å². The van der Waals surface area contributed by atoms with E-state index in [-0.39, 0.29) is 6.04 Å². The Labute approximate surface area is 374 Å². The van der Waals surface area contributed by atoms with Gasteiger partial charge in [-0.3, -0.25) is 9.88 Å². The maximum Gasteiger partial charge on any atom is 0.166 e. The highest BCUT2D eigenvalue weighted by molar-refractivity contribution is 6.10. The molecule has 2 atom stereocenters. The average molecular weight is 832 g/mol. The van der Waals surface area contributed by atoms with Crippen molar-refractivity contribution in [3.63, 3.8) is 0 Å². The van der Waals surface area contributed by atoms with Gasteiger partial charge in [-0.2, -0.15) is 0 Å². The van der Waals surface area contributed by atoms with Gasteiger partial charge in [-0.05, 0) is 92.6 Å². The minimum absolute atomic E-state index is 0.169. The van der Waals surface area contributed by atoms with E-state index in [9.17, 15) is 0 Å². The molecule has 0 spiro atoms. The Bertz CT molecular complexity index is 3230. The van der Waals surface area contributed by atoms with E-state index in [4.69, 9.17) is 19.9 Å². The first-order valence-electron chi connectivity index (χ1n) is 22.7. The lowest BCUT2D eigenvalue weighted by molar-refractivity contribution is 0.311. The van der Waals surface area contributed by atoms with Crippen molar-refractivity contribution < 1.29 is 0 Å². The molecular weight excluding hydrogens is 783 g/mol. The van der Waals surface area contributed by atoms with Gasteiger partial charge in [0.25, 0.3) is 0 Å². The van der Waals surface area contributed by atoms with E-state index in [0.29, 0.717) is 17.6 Å². The quantitative estimate of drug-likeness (QED) is 0.159. The van der Waals surface area contributed by atoms with E-state index in [0.717, 1.165) is 83.4 Å². The number of benzene rings is 4. The first kappa shape index (κ1) is 38.5. The second kappa shape index (κ2) is 15.5. The van der Waals surface area contributed by atoms with Crippen LogP contribution in [0.2, 0.25) is 0 Å². The Kier molecular flexibility index (Phi) is 9.34. The van der Waals surface area contributed by atoms with Gasteiger partial charge in [-0.25, -0.2) is 15.0 Å². The zero-order valence-electron chi connectivity index (χ0n) is 36.5. The van der Waals surface area contributed by atoms with Gasteiger partial charge in [0.1, 0.15) is 0 Å². The van der Waals surface area contributed by atoms with Crippen molar-refractivity contribution in [2.24, 2.45) is 5.92 Å². The van der Waals surface area contributed by atoms with Crippen molar-refractivity contribution >= 4 is 38.5 Å². The second-order valence-electron chi connectivity index (χ2n) is 17.8. The highest BCUT2D eigenvalue weighted by Crippen LogP contribution is 2.50. The van der Waals surface area contributed by atoms with Gasteiger partial charge in [0, 0.05) is 69.5 Å². The summed E-state index contributed by atoms with van der Waals surface area (Å²) >= 11 is 0. The van der Waals surface area contributed by atoms with Crippen LogP contribution in [0.3, 0.4) is 0 Å². The molecule has 7 heteroatoms. The van der Waals surface area contributed by atoms with Crippen LogP contribution in [0.15, 0.2) is 181 Å². The second-order valence-corrected chi connectivity index (χ2v) is 17.8.